The second-order valence-electron chi connectivity index (χ2n) is 5.36. The molecule has 0 fully saturated rings. The summed E-state index contributed by atoms with van der Waals surface area (Å²) in [6, 6.07) is 9.94. The Morgan fingerprint density at radius 1 is 1.20 bits per heavy atom. The lowest BCUT2D eigenvalue weighted by Gasteiger charge is -2.33. The first-order valence-corrected chi connectivity index (χ1v) is 6.69. The van der Waals surface area contributed by atoms with E-state index in [0.29, 0.717) is 0 Å². The third-order valence-corrected chi connectivity index (χ3v) is 3.61. The molecule has 0 saturated carbocycles. The molecule has 1 atom stereocenters. The number of rotatable bonds is 6. The molecule has 1 aromatic carbocycles. The Bertz CT molecular complexity index is 457. The van der Waals surface area contributed by atoms with E-state index < -0.39 is 0 Å². The summed E-state index contributed by atoms with van der Waals surface area (Å²) < 4.78 is 0. The van der Waals surface area contributed by atoms with Gasteiger partial charge in [-0.25, -0.2) is 0 Å². The maximum absolute atomic E-state index is 11.8. The molecule has 0 aliphatic carbocycles. The van der Waals surface area contributed by atoms with E-state index in [-0.39, 0.29) is 36.4 Å². The summed E-state index contributed by atoms with van der Waals surface area (Å²) in [7, 11) is 0. The maximum atomic E-state index is 11.8. The number of hydrogen-bond donors (Lipinski definition) is 3. The average Bonchev–Trinajstić information content (AvgIpc) is 2.45. The molecular formula is C15H23N3O2. The highest BCUT2D eigenvalue weighted by Crippen LogP contribution is 2.26. The molecule has 5 nitrogen and oxygen atoms in total. The molecular weight excluding hydrogens is 254 g/mol. The number of hydrogen-bond acceptors (Lipinski definition) is 3. The van der Waals surface area contributed by atoms with Crippen molar-refractivity contribution in [1.82, 2.24) is 10.6 Å². The number of amides is 2. The molecule has 0 spiro atoms. The van der Waals surface area contributed by atoms with Gasteiger partial charge in [-0.1, -0.05) is 44.2 Å². The number of nitrogens with two attached hydrogens (primary N) is 1. The van der Waals surface area contributed by atoms with Crippen molar-refractivity contribution >= 4 is 11.8 Å². The van der Waals surface area contributed by atoms with Crippen LogP contribution in [0.4, 0.5) is 0 Å². The van der Waals surface area contributed by atoms with Crippen LogP contribution in [-0.4, -0.2) is 30.9 Å². The third-order valence-electron chi connectivity index (χ3n) is 3.61. The molecule has 1 unspecified atom stereocenters. The van der Waals surface area contributed by atoms with Crippen LogP contribution in [0, 0.1) is 0 Å². The van der Waals surface area contributed by atoms with E-state index in [2.05, 4.69) is 24.5 Å². The number of carbonyl (C=O) groups is 2. The molecule has 0 aliphatic rings. The van der Waals surface area contributed by atoms with Gasteiger partial charge in [-0.3, -0.25) is 9.59 Å². The summed E-state index contributed by atoms with van der Waals surface area (Å²) in [5.74, 6) is -0.557. The number of carbonyl (C=O) groups excluding carboxylic acids is 2. The lowest BCUT2D eigenvalue weighted by molar-refractivity contribution is -0.125. The zero-order valence-corrected chi connectivity index (χ0v) is 12.3. The van der Waals surface area contributed by atoms with Crippen molar-refractivity contribution in [2.45, 2.75) is 32.2 Å². The second kappa shape index (κ2) is 7.05. The van der Waals surface area contributed by atoms with Crippen molar-refractivity contribution in [1.29, 1.82) is 0 Å². The van der Waals surface area contributed by atoms with Crippen LogP contribution in [0.3, 0.4) is 0 Å². The van der Waals surface area contributed by atoms with Crippen LogP contribution in [0.25, 0.3) is 0 Å². The van der Waals surface area contributed by atoms with Crippen LogP contribution in [0.15, 0.2) is 30.3 Å². The molecule has 0 saturated heterocycles. The Hall–Kier alpha value is -1.88. The Morgan fingerprint density at radius 2 is 1.80 bits per heavy atom. The largest absolute Gasteiger partial charge is 0.351 e. The lowest BCUT2D eigenvalue weighted by Crippen LogP contribution is -2.49. The van der Waals surface area contributed by atoms with E-state index in [1.54, 1.807) is 0 Å². The van der Waals surface area contributed by atoms with Gasteiger partial charge in [0.1, 0.15) is 0 Å². The van der Waals surface area contributed by atoms with Crippen molar-refractivity contribution in [3.8, 4) is 0 Å². The standard InChI is InChI=1S/C15H23N3O2/c1-11(18-14(20)10-17-13(19)9-16)15(2,3)12-7-5-4-6-8-12/h4-8,11H,9-10,16H2,1-3H3,(H,17,19)(H,18,20). The third kappa shape index (κ3) is 4.35. The van der Waals surface area contributed by atoms with Crippen molar-refractivity contribution in [2.75, 3.05) is 13.1 Å². The van der Waals surface area contributed by atoms with Crippen molar-refractivity contribution in [3.05, 3.63) is 35.9 Å². The molecule has 0 aromatic heterocycles. The van der Waals surface area contributed by atoms with Crippen molar-refractivity contribution in [2.24, 2.45) is 5.73 Å². The van der Waals surface area contributed by atoms with Crippen LogP contribution in [-0.2, 0) is 15.0 Å². The minimum atomic E-state index is -0.338. The van der Waals surface area contributed by atoms with E-state index in [1.807, 2.05) is 37.3 Å². The van der Waals surface area contributed by atoms with Crippen LogP contribution in [0.1, 0.15) is 26.3 Å². The van der Waals surface area contributed by atoms with Crippen molar-refractivity contribution in [3.63, 3.8) is 0 Å². The van der Waals surface area contributed by atoms with Gasteiger partial charge in [0, 0.05) is 11.5 Å². The molecule has 4 N–H and O–H groups in total. The summed E-state index contributed by atoms with van der Waals surface area (Å²) in [5, 5.41) is 5.36. The first kappa shape index (κ1) is 16.2. The quantitative estimate of drug-likeness (QED) is 0.709. The molecule has 2 amide bonds. The summed E-state index contributed by atoms with van der Waals surface area (Å²) in [6.45, 7) is 5.94. The lowest BCUT2D eigenvalue weighted by atomic mass is 9.78. The van der Waals surface area contributed by atoms with E-state index in [0.717, 1.165) is 5.56 Å². The highest BCUT2D eigenvalue weighted by atomic mass is 16.2. The fourth-order valence-corrected chi connectivity index (χ4v) is 1.84. The predicted octanol–water partition coefficient (Wildman–Crippen LogP) is 0.544. The normalized spacial score (nSPS) is 12.6. The molecule has 20 heavy (non-hydrogen) atoms. The number of benzene rings is 1. The van der Waals surface area contributed by atoms with E-state index >= 15 is 0 Å². The summed E-state index contributed by atoms with van der Waals surface area (Å²) in [6.07, 6.45) is 0. The topological polar surface area (TPSA) is 84.2 Å². The van der Waals surface area contributed by atoms with Gasteiger partial charge < -0.3 is 16.4 Å². The average molecular weight is 277 g/mol. The molecule has 5 heteroatoms. The Balaban J connectivity index is 2.59. The first-order chi connectivity index (χ1) is 9.37. The summed E-state index contributed by atoms with van der Waals surface area (Å²) >= 11 is 0. The van der Waals surface area contributed by atoms with Gasteiger partial charge in [-0.2, -0.15) is 0 Å². The van der Waals surface area contributed by atoms with E-state index in [9.17, 15) is 9.59 Å². The van der Waals surface area contributed by atoms with Gasteiger partial charge in [0.2, 0.25) is 11.8 Å². The Morgan fingerprint density at radius 3 is 2.35 bits per heavy atom. The summed E-state index contributed by atoms with van der Waals surface area (Å²) in [4.78, 5) is 22.8. The minimum Gasteiger partial charge on any atom is -0.351 e. The van der Waals surface area contributed by atoms with Crippen LogP contribution >= 0.6 is 0 Å². The molecule has 1 aromatic rings. The molecule has 1 rings (SSSR count). The van der Waals surface area contributed by atoms with Crippen LogP contribution < -0.4 is 16.4 Å². The van der Waals surface area contributed by atoms with Gasteiger partial charge in [0.25, 0.3) is 0 Å². The van der Waals surface area contributed by atoms with Gasteiger partial charge in [-0.15, -0.1) is 0 Å². The van der Waals surface area contributed by atoms with Crippen molar-refractivity contribution < 1.29 is 9.59 Å². The highest BCUT2D eigenvalue weighted by molar-refractivity contribution is 5.85. The van der Waals surface area contributed by atoms with Gasteiger partial charge in [0.05, 0.1) is 13.1 Å². The van der Waals surface area contributed by atoms with Gasteiger partial charge >= 0.3 is 0 Å². The molecule has 0 aliphatic heterocycles. The first-order valence-electron chi connectivity index (χ1n) is 6.69. The van der Waals surface area contributed by atoms with Crippen LogP contribution in [0.2, 0.25) is 0 Å². The number of nitrogens with one attached hydrogen (secondary N) is 2. The fraction of sp³-hybridized carbons (Fsp3) is 0.467. The predicted molar refractivity (Wildman–Crippen MR) is 79.1 cm³/mol. The molecule has 0 heterocycles. The molecule has 0 bridgehead atoms. The summed E-state index contributed by atoms with van der Waals surface area (Å²) in [5.41, 5.74) is 6.11. The molecule has 0 radical (unpaired) electrons. The monoisotopic (exact) mass is 277 g/mol. The minimum absolute atomic E-state index is 0.0504. The van der Waals surface area contributed by atoms with Gasteiger partial charge in [-0.05, 0) is 12.5 Å². The van der Waals surface area contributed by atoms with E-state index in [4.69, 9.17) is 5.73 Å². The van der Waals surface area contributed by atoms with Crippen LogP contribution in [0.5, 0.6) is 0 Å². The smallest absolute Gasteiger partial charge is 0.239 e. The SMILES string of the molecule is CC(NC(=O)CNC(=O)CN)C(C)(C)c1ccccc1. The fourth-order valence-electron chi connectivity index (χ4n) is 1.84. The zero-order valence-electron chi connectivity index (χ0n) is 12.3. The molecule has 110 valence electrons. The zero-order chi connectivity index (χ0) is 15.2. The second-order valence-corrected chi connectivity index (χ2v) is 5.36. The Kier molecular flexibility index (Phi) is 5.70. The highest BCUT2D eigenvalue weighted by Gasteiger charge is 2.28. The van der Waals surface area contributed by atoms with E-state index in [1.165, 1.54) is 0 Å². The maximum Gasteiger partial charge on any atom is 0.239 e. The Labute approximate surface area is 119 Å². The van der Waals surface area contributed by atoms with Gasteiger partial charge in [0.15, 0.2) is 0 Å².